The fraction of sp³-hybridized carbons (Fsp3) is 0.500. The van der Waals surface area contributed by atoms with Gasteiger partial charge in [0.15, 0.2) is 0 Å². The summed E-state index contributed by atoms with van der Waals surface area (Å²) in [6, 6.07) is 10.6. The first-order valence-corrected chi connectivity index (χ1v) is 5.55. The molecule has 0 radical (unpaired) electrons. The zero-order chi connectivity index (χ0) is 10.5. The molecular weight excluding hydrogens is 188 g/mol. The second-order valence-electron chi connectivity index (χ2n) is 3.99. The maximum Gasteiger partial charge on any atom is 0.0600 e. The first-order chi connectivity index (χ1) is 7.40. The highest BCUT2D eigenvalue weighted by Crippen LogP contribution is 2.14. The molecular formula is C12H18N2O. The van der Waals surface area contributed by atoms with Crippen molar-refractivity contribution in [2.24, 2.45) is 0 Å². The number of aliphatic hydroxyl groups excluding tert-OH is 1. The lowest BCUT2D eigenvalue weighted by Gasteiger charge is -2.23. The largest absolute Gasteiger partial charge is 0.395 e. The number of aliphatic hydroxyl groups is 1. The molecule has 1 fully saturated rings. The van der Waals surface area contributed by atoms with Gasteiger partial charge >= 0.3 is 0 Å². The van der Waals surface area contributed by atoms with Crippen LogP contribution >= 0.6 is 0 Å². The van der Waals surface area contributed by atoms with Crippen molar-refractivity contribution < 1.29 is 5.11 Å². The maximum absolute atomic E-state index is 9.15. The van der Waals surface area contributed by atoms with Gasteiger partial charge in [0.1, 0.15) is 0 Å². The molecule has 1 aromatic carbocycles. The Bertz CT molecular complexity index is 289. The minimum atomic E-state index is 0.252. The highest BCUT2D eigenvalue weighted by Gasteiger charge is 2.22. The molecule has 1 aliphatic heterocycles. The number of hydrogen-bond acceptors (Lipinski definition) is 3. The van der Waals surface area contributed by atoms with Crippen LogP contribution < -0.4 is 5.43 Å². The van der Waals surface area contributed by atoms with Crippen LogP contribution in [0.25, 0.3) is 0 Å². The monoisotopic (exact) mass is 206 g/mol. The minimum absolute atomic E-state index is 0.252. The topological polar surface area (TPSA) is 35.5 Å². The number of hydrazine groups is 1. The zero-order valence-corrected chi connectivity index (χ0v) is 8.89. The van der Waals surface area contributed by atoms with Crippen LogP contribution in [0.3, 0.4) is 0 Å². The van der Waals surface area contributed by atoms with Crippen molar-refractivity contribution in [3.63, 3.8) is 0 Å². The van der Waals surface area contributed by atoms with Crippen LogP contribution in [0, 0.1) is 0 Å². The Balaban J connectivity index is 1.83. The van der Waals surface area contributed by atoms with Crippen molar-refractivity contribution in [3.8, 4) is 0 Å². The molecule has 1 aromatic rings. The van der Waals surface area contributed by atoms with E-state index in [0.717, 1.165) is 19.5 Å². The van der Waals surface area contributed by atoms with Crippen molar-refractivity contribution in [1.29, 1.82) is 0 Å². The highest BCUT2D eigenvalue weighted by atomic mass is 16.3. The molecule has 2 N–H and O–H groups in total. The highest BCUT2D eigenvalue weighted by molar-refractivity contribution is 5.14. The van der Waals surface area contributed by atoms with Crippen molar-refractivity contribution in [2.45, 2.75) is 25.4 Å². The molecule has 3 heteroatoms. The lowest BCUT2D eigenvalue weighted by Crippen LogP contribution is -2.42. The molecule has 0 amide bonds. The third kappa shape index (κ3) is 2.78. The Hall–Kier alpha value is -0.900. The van der Waals surface area contributed by atoms with Gasteiger partial charge in [-0.1, -0.05) is 30.3 Å². The first-order valence-electron chi connectivity index (χ1n) is 5.55. The predicted octanol–water partition coefficient (Wildman–Crippen LogP) is 1.15. The van der Waals surface area contributed by atoms with Gasteiger partial charge in [0, 0.05) is 19.1 Å². The van der Waals surface area contributed by atoms with Gasteiger partial charge in [-0.05, 0) is 18.4 Å². The van der Waals surface area contributed by atoms with Gasteiger partial charge < -0.3 is 5.11 Å². The molecule has 0 unspecified atom stereocenters. The molecule has 15 heavy (non-hydrogen) atoms. The van der Waals surface area contributed by atoms with E-state index in [1.165, 1.54) is 12.0 Å². The molecule has 1 saturated heterocycles. The summed E-state index contributed by atoms with van der Waals surface area (Å²) < 4.78 is 0. The normalized spacial score (nSPS) is 22.1. The van der Waals surface area contributed by atoms with Crippen LogP contribution in [0.5, 0.6) is 0 Å². The molecule has 0 aromatic heterocycles. The Labute approximate surface area is 90.7 Å². The predicted molar refractivity (Wildman–Crippen MR) is 60.1 cm³/mol. The third-order valence-corrected chi connectivity index (χ3v) is 2.92. The standard InChI is InChI=1S/C12H18N2O/c15-10-12-7-4-8-14(12)13-9-11-5-2-1-3-6-11/h1-3,5-6,12-13,15H,4,7-10H2/t12-/m0/s1. The van der Waals surface area contributed by atoms with Crippen LogP contribution in [0.1, 0.15) is 18.4 Å². The summed E-state index contributed by atoms with van der Waals surface area (Å²) in [7, 11) is 0. The fourth-order valence-electron chi connectivity index (χ4n) is 2.02. The molecule has 1 atom stereocenters. The van der Waals surface area contributed by atoms with E-state index in [1.807, 2.05) is 18.2 Å². The van der Waals surface area contributed by atoms with E-state index in [1.54, 1.807) is 0 Å². The summed E-state index contributed by atoms with van der Waals surface area (Å²) in [6.45, 7) is 2.14. The van der Waals surface area contributed by atoms with Crippen LogP contribution in [0.15, 0.2) is 30.3 Å². The maximum atomic E-state index is 9.15. The van der Waals surface area contributed by atoms with Gasteiger partial charge in [-0.25, -0.2) is 5.01 Å². The van der Waals surface area contributed by atoms with Crippen LogP contribution in [0.2, 0.25) is 0 Å². The summed E-state index contributed by atoms with van der Waals surface area (Å²) >= 11 is 0. The minimum Gasteiger partial charge on any atom is -0.395 e. The summed E-state index contributed by atoms with van der Waals surface area (Å²) in [5.41, 5.74) is 4.65. The Morgan fingerprint density at radius 1 is 1.33 bits per heavy atom. The van der Waals surface area contributed by atoms with E-state index in [-0.39, 0.29) is 6.61 Å². The summed E-state index contributed by atoms with van der Waals surface area (Å²) in [6.07, 6.45) is 2.27. The van der Waals surface area contributed by atoms with E-state index in [2.05, 4.69) is 22.6 Å². The van der Waals surface area contributed by atoms with E-state index in [0.29, 0.717) is 6.04 Å². The van der Waals surface area contributed by atoms with Crippen molar-refractivity contribution >= 4 is 0 Å². The van der Waals surface area contributed by atoms with E-state index < -0.39 is 0 Å². The second kappa shape index (κ2) is 5.26. The molecule has 0 saturated carbocycles. The first kappa shape index (κ1) is 10.6. The summed E-state index contributed by atoms with van der Waals surface area (Å²) in [4.78, 5) is 0. The Morgan fingerprint density at radius 3 is 2.87 bits per heavy atom. The molecule has 3 nitrogen and oxygen atoms in total. The van der Waals surface area contributed by atoms with Gasteiger partial charge in [-0.15, -0.1) is 0 Å². The Morgan fingerprint density at radius 2 is 2.13 bits per heavy atom. The van der Waals surface area contributed by atoms with Crippen molar-refractivity contribution in [3.05, 3.63) is 35.9 Å². The molecule has 0 aliphatic carbocycles. The molecule has 1 heterocycles. The molecule has 82 valence electrons. The van der Waals surface area contributed by atoms with Crippen LogP contribution in [-0.4, -0.2) is 29.3 Å². The molecule has 1 aliphatic rings. The molecule has 0 spiro atoms. The quantitative estimate of drug-likeness (QED) is 0.775. The summed E-state index contributed by atoms with van der Waals surface area (Å²) in [5.74, 6) is 0. The number of rotatable bonds is 4. The van der Waals surface area contributed by atoms with Crippen molar-refractivity contribution in [2.75, 3.05) is 13.2 Å². The van der Waals surface area contributed by atoms with Gasteiger partial charge in [0.25, 0.3) is 0 Å². The zero-order valence-electron chi connectivity index (χ0n) is 8.89. The number of benzene rings is 1. The van der Waals surface area contributed by atoms with Crippen molar-refractivity contribution in [1.82, 2.24) is 10.4 Å². The summed E-state index contributed by atoms with van der Waals surface area (Å²) in [5, 5.41) is 11.3. The Kier molecular flexibility index (Phi) is 3.72. The van der Waals surface area contributed by atoms with Crippen LogP contribution in [0.4, 0.5) is 0 Å². The van der Waals surface area contributed by atoms with E-state index in [9.17, 15) is 0 Å². The number of nitrogens with one attached hydrogen (secondary N) is 1. The van der Waals surface area contributed by atoms with Gasteiger partial charge in [-0.3, -0.25) is 5.43 Å². The number of hydrogen-bond donors (Lipinski definition) is 2. The second-order valence-corrected chi connectivity index (χ2v) is 3.99. The van der Waals surface area contributed by atoms with E-state index in [4.69, 9.17) is 5.11 Å². The smallest absolute Gasteiger partial charge is 0.0600 e. The lowest BCUT2D eigenvalue weighted by atomic mass is 10.2. The average molecular weight is 206 g/mol. The van der Waals surface area contributed by atoms with Gasteiger partial charge in [0.05, 0.1) is 6.61 Å². The number of nitrogens with zero attached hydrogens (tertiary/aromatic N) is 1. The van der Waals surface area contributed by atoms with E-state index >= 15 is 0 Å². The average Bonchev–Trinajstić information content (AvgIpc) is 2.75. The molecule has 2 rings (SSSR count). The van der Waals surface area contributed by atoms with Crippen LogP contribution in [-0.2, 0) is 6.54 Å². The lowest BCUT2D eigenvalue weighted by molar-refractivity contribution is 0.109. The third-order valence-electron chi connectivity index (χ3n) is 2.92. The van der Waals surface area contributed by atoms with Gasteiger partial charge in [-0.2, -0.15) is 0 Å². The van der Waals surface area contributed by atoms with Gasteiger partial charge in [0.2, 0.25) is 0 Å². The SMILES string of the molecule is OC[C@@H]1CCCN1NCc1ccccc1. The fourth-order valence-corrected chi connectivity index (χ4v) is 2.02. The molecule has 0 bridgehead atoms.